The maximum Gasteiger partial charge on any atom is 0.0707 e. The van der Waals surface area contributed by atoms with E-state index in [0.29, 0.717) is 17.9 Å². The van der Waals surface area contributed by atoms with Crippen LogP contribution in [0.25, 0.3) is 0 Å². The van der Waals surface area contributed by atoms with Crippen LogP contribution in [0.4, 0.5) is 0 Å². The quantitative estimate of drug-likeness (QED) is 0.485. The minimum absolute atomic E-state index is 0.183. The van der Waals surface area contributed by atoms with Crippen LogP contribution < -0.4 is 0 Å². The maximum atomic E-state index is 11.6. The smallest absolute Gasteiger partial charge is 0.0707 e. The van der Waals surface area contributed by atoms with E-state index in [2.05, 4.69) is 64.5 Å². The lowest BCUT2D eigenvalue weighted by atomic mass is 9.51. The van der Waals surface area contributed by atoms with E-state index < -0.39 is 0 Å². The molecule has 2 fully saturated rings. The molecule has 5 aliphatic heterocycles. The molecule has 0 amide bonds. The van der Waals surface area contributed by atoms with Crippen LogP contribution in [-0.2, 0) is 0 Å². The number of aliphatic hydroxyl groups is 1. The fourth-order valence-corrected chi connectivity index (χ4v) is 7.75. The molecule has 2 unspecified atom stereocenters. The average Bonchev–Trinajstić information content (AvgIpc) is 2.83. The highest BCUT2D eigenvalue weighted by Crippen LogP contribution is 2.57. The summed E-state index contributed by atoms with van der Waals surface area (Å²) in [5, 5.41) is 11.6. The monoisotopic (exact) mass is 448 g/mol. The molecule has 0 saturated carbocycles. The van der Waals surface area contributed by atoms with Gasteiger partial charge in [0.05, 0.1) is 6.10 Å². The van der Waals surface area contributed by atoms with Crippen LogP contribution in [0.3, 0.4) is 0 Å². The second kappa shape index (κ2) is 10.9. The van der Waals surface area contributed by atoms with Crippen LogP contribution in [0.5, 0.6) is 0 Å². The Kier molecular flexibility index (Phi) is 7.69. The maximum absolute atomic E-state index is 11.6. The minimum Gasteiger partial charge on any atom is -0.391 e. The van der Waals surface area contributed by atoms with Gasteiger partial charge in [-0.2, -0.15) is 0 Å². The highest BCUT2D eigenvalue weighted by atomic mass is 16.3. The van der Waals surface area contributed by atoms with Crippen LogP contribution >= 0.6 is 0 Å². The fraction of sp³-hybridized carbons (Fsp3) is 0.667. The van der Waals surface area contributed by atoms with E-state index in [1.807, 2.05) is 0 Å². The van der Waals surface area contributed by atoms with Gasteiger partial charge in [-0.15, -0.1) is 0 Å². The summed E-state index contributed by atoms with van der Waals surface area (Å²) in [6.45, 7) is 5.46. The lowest BCUT2D eigenvalue weighted by molar-refractivity contribution is -0.159. The zero-order valence-corrected chi connectivity index (χ0v) is 20.5. The summed E-state index contributed by atoms with van der Waals surface area (Å²) in [4.78, 5) is 5.47. The summed E-state index contributed by atoms with van der Waals surface area (Å²) >= 11 is 0. The van der Waals surface area contributed by atoms with Crippen molar-refractivity contribution in [1.29, 1.82) is 0 Å². The van der Waals surface area contributed by atoms with Crippen LogP contribution in [0, 0.1) is 17.3 Å². The van der Waals surface area contributed by atoms with E-state index in [4.69, 9.17) is 0 Å². The van der Waals surface area contributed by atoms with Crippen molar-refractivity contribution in [2.24, 2.45) is 17.3 Å². The Morgan fingerprint density at radius 3 is 2.42 bits per heavy atom. The van der Waals surface area contributed by atoms with Crippen molar-refractivity contribution < 1.29 is 5.11 Å². The summed E-state index contributed by atoms with van der Waals surface area (Å²) in [6.07, 6.45) is 33.0. The Labute approximate surface area is 201 Å². The van der Waals surface area contributed by atoms with Crippen molar-refractivity contribution >= 4 is 0 Å². The Hall–Kier alpha value is -1.42. The number of piperidine rings is 2. The van der Waals surface area contributed by atoms with E-state index in [9.17, 15) is 5.11 Å². The largest absolute Gasteiger partial charge is 0.391 e. The summed E-state index contributed by atoms with van der Waals surface area (Å²) in [6, 6.07) is 0.510. The first-order valence-electron chi connectivity index (χ1n) is 13.7. The third kappa shape index (κ3) is 5.01. The normalized spacial score (nSPS) is 41.9. The lowest BCUT2D eigenvalue weighted by Gasteiger charge is -2.65. The second-order valence-electron chi connectivity index (χ2n) is 11.1. The molecule has 0 aromatic carbocycles. The number of hydrogen-bond acceptors (Lipinski definition) is 3. The Morgan fingerprint density at radius 1 is 0.788 bits per heavy atom. The Balaban J connectivity index is 1.51. The first-order valence-corrected chi connectivity index (χ1v) is 13.7. The van der Waals surface area contributed by atoms with E-state index in [1.54, 1.807) is 5.57 Å². The van der Waals surface area contributed by atoms with Gasteiger partial charge in [0.1, 0.15) is 0 Å². The van der Waals surface area contributed by atoms with Gasteiger partial charge < -0.3 is 5.11 Å². The molecule has 0 aromatic heterocycles. The molecule has 6 rings (SSSR count). The molecule has 6 bridgehead atoms. The first-order chi connectivity index (χ1) is 16.3. The summed E-state index contributed by atoms with van der Waals surface area (Å²) < 4.78 is 0. The predicted octanol–water partition coefficient (Wildman–Crippen LogP) is 5.66. The minimum atomic E-state index is -0.200. The highest BCUT2D eigenvalue weighted by molar-refractivity contribution is 5.31. The predicted molar refractivity (Wildman–Crippen MR) is 138 cm³/mol. The topological polar surface area (TPSA) is 26.7 Å². The molecule has 3 nitrogen and oxygen atoms in total. The van der Waals surface area contributed by atoms with Gasteiger partial charge in [-0.3, -0.25) is 9.80 Å². The second-order valence-corrected chi connectivity index (χ2v) is 11.1. The first kappa shape index (κ1) is 23.3. The lowest BCUT2D eigenvalue weighted by Crippen LogP contribution is -2.72. The van der Waals surface area contributed by atoms with Crippen molar-refractivity contribution in [2.75, 3.05) is 32.7 Å². The molecule has 1 aliphatic carbocycles. The number of hydrogen-bond donors (Lipinski definition) is 1. The van der Waals surface area contributed by atoms with Gasteiger partial charge in [-0.1, -0.05) is 60.3 Å². The van der Waals surface area contributed by atoms with Gasteiger partial charge >= 0.3 is 0 Å². The van der Waals surface area contributed by atoms with E-state index >= 15 is 0 Å². The van der Waals surface area contributed by atoms with Crippen molar-refractivity contribution in [3.05, 3.63) is 60.3 Å². The third-order valence-corrected chi connectivity index (χ3v) is 8.90. The zero-order chi connectivity index (χ0) is 22.5. The van der Waals surface area contributed by atoms with Crippen molar-refractivity contribution in [1.82, 2.24) is 9.80 Å². The highest BCUT2D eigenvalue weighted by Gasteiger charge is 2.61. The van der Waals surface area contributed by atoms with E-state index in [-0.39, 0.29) is 11.5 Å². The zero-order valence-electron chi connectivity index (χ0n) is 20.5. The summed E-state index contributed by atoms with van der Waals surface area (Å²) in [5.74, 6) is 0.936. The van der Waals surface area contributed by atoms with Crippen LogP contribution in [0.15, 0.2) is 60.3 Å². The summed E-state index contributed by atoms with van der Waals surface area (Å²) in [5.41, 5.74) is 1.87. The molecular formula is C30H44N2O. The number of nitrogens with zero attached hydrogens (tertiary/aromatic N) is 2. The van der Waals surface area contributed by atoms with E-state index in [0.717, 1.165) is 58.3 Å². The standard InChI is InChI=1S/C30H44N2O/c33-27-23-31-19-15-11-7-4-2-1-3-5-9-13-17-25-21-26-22-32-20-16-12-8-6-10-14-18-30(24-31,28(26)27)29(25)32/h1-2,5-7,9-11,21,26-29,33H,3-4,8,12-20,22-24H2/t26-,27-,28+,29-,30-/m1/s1. The van der Waals surface area contributed by atoms with Gasteiger partial charge in [0.25, 0.3) is 0 Å². The molecule has 1 N–H and O–H groups in total. The van der Waals surface area contributed by atoms with Crippen LogP contribution in [-0.4, -0.2) is 59.8 Å². The third-order valence-electron chi connectivity index (χ3n) is 8.90. The van der Waals surface area contributed by atoms with Crippen molar-refractivity contribution in [3.8, 4) is 0 Å². The molecule has 6 aliphatic rings. The Morgan fingerprint density at radius 2 is 1.55 bits per heavy atom. The van der Waals surface area contributed by atoms with E-state index in [1.165, 1.54) is 38.6 Å². The Bertz CT molecular complexity index is 808. The van der Waals surface area contributed by atoms with Gasteiger partial charge in [-0.05, 0) is 76.7 Å². The molecule has 180 valence electrons. The molecule has 7 atom stereocenters. The summed E-state index contributed by atoms with van der Waals surface area (Å²) in [7, 11) is 0. The molecule has 2 saturated heterocycles. The molecule has 5 heterocycles. The fourth-order valence-electron chi connectivity index (χ4n) is 7.75. The van der Waals surface area contributed by atoms with Gasteiger partial charge in [0, 0.05) is 43.6 Å². The molecular weight excluding hydrogens is 404 g/mol. The number of rotatable bonds is 0. The van der Waals surface area contributed by atoms with Gasteiger partial charge in [0.2, 0.25) is 0 Å². The average molecular weight is 449 g/mol. The van der Waals surface area contributed by atoms with Crippen molar-refractivity contribution in [3.63, 3.8) is 0 Å². The van der Waals surface area contributed by atoms with Gasteiger partial charge in [0.15, 0.2) is 0 Å². The number of fused-ring (bicyclic) bond motifs is 1. The number of allylic oxidation sites excluding steroid dienone is 7. The molecule has 3 heteroatoms. The SMILES string of the molecule is O[C@@H]1CN2CCC=CCC=CCC=CCCC3=C[C@@H]4CN5CCCCC=CCC[C@@](C2)([C@H]14)[C@@H]35. The molecule has 1 spiro atoms. The van der Waals surface area contributed by atoms with Crippen molar-refractivity contribution in [2.45, 2.75) is 76.4 Å². The number of aliphatic hydroxyl groups excluding tert-OH is 1. The molecule has 0 radical (unpaired) electrons. The van der Waals surface area contributed by atoms with Gasteiger partial charge in [-0.25, -0.2) is 0 Å². The molecule has 0 aromatic rings. The molecule has 33 heavy (non-hydrogen) atoms. The van der Waals surface area contributed by atoms with Crippen LogP contribution in [0.1, 0.15) is 64.2 Å². The van der Waals surface area contributed by atoms with Crippen LogP contribution in [0.2, 0.25) is 0 Å².